The molecule has 3 aliphatic rings. The molecule has 0 aromatic heterocycles. The molecule has 0 spiro atoms. The Hall–Kier alpha value is -2.12. The number of amides is 1. The molecule has 0 unspecified atom stereocenters. The summed E-state index contributed by atoms with van der Waals surface area (Å²) in [5.41, 5.74) is 2.23. The maximum Gasteiger partial charge on any atom is 0.234 e. The third-order valence-electron chi connectivity index (χ3n) is 6.19. The van der Waals surface area contributed by atoms with Gasteiger partial charge in [0.1, 0.15) is 6.10 Å². The zero-order valence-corrected chi connectivity index (χ0v) is 18.1. The average Bonchev–Trinajstić information content (AvgIpc) is 3.43. The summed E-state index contributed by atoms with van der Waals surface area (Å²) < 4.78 is 21.2. The minimum absolute atomic E-state index is 0.0923. The maximum atomic E-state index is 15.0. The van der Waals surface area contributed by atoms with Crippen LogP contribution in [-0.4, -0.2) is 41.1 Å². The number of aliphatic hydroxyl groups is 1. The Bertz CT molecular complexity index is 1080. The lowest BCUT2D eigenvalue weighted by molar-refractivity contribution is -0.116. The standard InChI is InChI=1S/C23H21Cl2FN2O3/c24-13-8-17-16(18(25)9-13)11-20(27-7-5-15(29)12-27)23(17)31-21-4-3-14(10-19(21)26)28-6-1-2-22(28)30/h1,3-4,6,8-10,15,20,23,29H,2,5,7,11-12H2/t15-,20+,23+/m1/s1. The molecule has 1 fully saturated rings. The molecule has 162 valence electrons. The van der Waals surface area contributed by atoms with Gasteiger partial charge in [-0.2, -0.15) is 0 Å². The largest absolute Gasteiger partial charge is 0.481 e. The SMILES string of the molecule is O=C1CC=CN1c1ccc(O[C@H]2c3cc(Cl)cc(Cl)c3C[C@@H]2N2CC[C@@H](O)C2)c(F)c1. The molecule has 1 amide bonds. The summed E-state index contributed by atoms with van der Waals surface area (Å²) in [6.45, 7) is 1.27. The monoisotopic (exact) mass is 462 g/mol. The molecule has 8 heteroatoms. The lowest BCUT2D eigenvalue weighted by Crippen LogP contribution is -2.39. The number of fused-ring (bicyclic) bond motifs is 1. The van der Waals surface area contributed by atoms with Crippen molar-refractivity contribution in [2.24, 2.45) is 0 Å². The van der Waals surface area contributed by atoms with E-state index in [0.717, 1.165) is 17.7 Å². The van der Waals surface area contributed by atoms with Crippen LogP contribution in [0, 0.1) is 5.82 Å². The number of hydrogen-bond acceptors (Lipinski definition) is 4. The van der Waals surface area contributed by atoms with Gasteiger partial charge < -0.3 is 9.84 Å². The van der Waals surface area contributed by atoms with Crippen LogP contribution in [0.1, 0.15) is 30.1 Å². The quantitative estimate of drug-likeness (QED) is 0.726. The summed E-state index contributed by atoms with van der Waals surface area (Å²) in [7, 11) is 0. The first-order chi connectivity index (χ1) is 14.9. The highest BCUT2D eigenvalue weighted by Gasteiger charge is 2.42. The lowest BCUT2D eigenvalue weighted by Gasteiger charge is -2.30. The van der Waals surface area contributed by atoms with Crippen molar-refractivity contribution in [3.63, 3.8) is 0 Å². The summed E-state index contributed by atoms with van der Waals surface area (Å²) in [5, 5.41) is 11.1. The van der Waals surface area contributed by atoms with Gasteiger partial charge in [-0.25, -0.2) is 4.39 Å². The average molecular weight is 463 g/mol. The number of carbonyl (C=O) groups is 1. The van der Waals surface area contributed by atoms with E-state index in [2.05, 4.69) is 4.90 Å². The summed E-state index contributed by atoms with van der Waals surface area (Å²) >= 11 is 12.7. The molecule has 1 N–H and O–H groups in total. The Morgan fingerprint density at radius 3 is 2.71 bits per heavy atom. The topological polar surface area (TPSA) is 53.0 Å². The fourth-order valence-corrected chi connectivity index (χ4v) is 5.28. The first kappa shape index (κ1) is 20.8. The lowest BCUT2D eigenvalue weighted by atomic mass is 10.1. The van der Waals surface area contributed by atoms with Crippen molar-refractivity contribution in [3.05, 3.63) is 69.6 Å². The van der Waals surface area contributed by atoms with Crippen LogP contribution in [0.2, 0.25) is 10.0 Å². The fourth-order valence-electron chi connectivity index (χ4n) is 4.69. The normalized spacial score (nSPS) is 25.5. The number of hydrogen-bond donors (Lipinski definition) is 1. The highest BCUT2D eigenvalue weighted by atomic mass is 35.5. The van der Waals surface area contributed by atoms with E-state index in [-0.39, 0.29) is 23.8 Å². The van der Waals surface area contributed by atoms with E-state index in [4.69, 9.17) is 27.9 Å². The zero-order chi connectivity index (χ0) is 21.7. The van der Waals surface area contributed by atoms with Crippen LogP contribution >= 0.6 is 23.2 Å². The maximum absolute atomic E-state index is 15.0. The summed E-state index contributed by atoms with van der Waals surface area (Å²) in [6, 6.07) is 7.95. The number of rotatable bonds is 4. The molecular weight excluding hydrogens is 442 g/mol. The molecular formula is C23H21Cl2FN2O3. The van der Waals surface area contributed by atoms with Crippen molar-refractivity contribution in [2.75, 3.05) is 18.0 Å². The molecule has 2 aromatic carbocycles. The number of β-amino-alcohol motifs (C(OH)–C–C–N with tert-alkyl or cyclic N) is 1. The molecule has 31 heavy (non-hydrogen) atoms. The molecule has 2 heterocycles. The van der Waals surface area contributed by atoms with Crippen LogP contribution in [-0.2, 0) is 11.2 Å². The molecule has 5 rings (SSSR count). The predicted octanol–water partition coefficient (Wildman–Crippen LogP) is 4.49. The second kappa shape index (κ2) is 8.10. The van der Waals surface area contributed by atoms with Crippen molar-refractivity contribution >= 4 is 34.8 Å². The minimum Gasteiger partial charge on any atom is -0.481 e. The second-order valence-corrected chi connectivity index (χ2v) is 9.01. The Kier molecular flexibility index (Phi) is 5.42. The summed E-state index contributed by atoms with van der Waals surface area (Å²) in [6.07, 6.45) is 4.15. The van der Waals surface area contributed by atoms with Gasteiger partial charge in [0.15, 0.2) is 11.6 Å². The van der Waals surface area contributed by atoms with Crippen LogP contribution < -0.4 is 9.64 Å². The molecule has 5 nitrogen and oxygen atoms in total. The Balaban J connectivity index is 1.47. The smallest absolute Gasteiger partial charge is 0.234 e. The molecule has 3 atom stereocenters. The van der Waals surface area contributed by atoms with Gasteiger partial charge in [-0.15, -0.1) is 0 Å². The summed E-state index contributed by atoms with van der Waals surface area (Å²) in [4.78, 5) is 15.5. The van der Waals surface area contributed by atoms with Crippen LogP contribution in [0.4, 0.5) is 10.1 Å². The van der Waals surface area contributed by atoms with E-state index < -0.39 is 11.9 Å². The van der Waals surface area contributed by atoms with E-state index >= 15 is 0 Å². The van der Waals surface area contributed by atoms with Crippen LogP contribution in [0.15, 0.2) is 42.6 Å². The number of benzene rings is 2. The van der Waals surface area contributed by atoms with Gasteiger partial charge in [-0.1, -0.05) is 29.3 Å². The molecule has 1 saturated heterocycles. The third-order valence-corrected chi connectivity index (χ3v) is 6.75. The van der Waals surface area contributed by atoms with Crippen molar-refractivity contribution in [3.8, 4) is 5.75 Å². The fraction of sp³-hybridized carbons (Fsp3) is 0.348. The van der Waals surface area contributed by atoms with Gasteiger partial charge in [0, 0.05) is 47.4 Å². The zero-order valence-electron chi connectivity index (χ0n) is 16.6. The van der Waals surface area contributed by atoms with Crippen LogP contribution in [0.25, 0.3) is 0 Å². The van der Waals surface area contributed by atoms with Gasteiger partial charge >= 0.3 is 0 Å². The van der Waals surface area contributed by atoms with E-state index in [1.807, 2.05) is 6.07 Å². The van der Waals surface area contributed by atoms with Crippen LogP contribution in [0.3, 0.4) is 0 Å². The third kappa shape index (κ3) is 3.82. The molecule has 1 aliphatic carbocycles. The number of halogens is 3. The number of ether oxygens (including phenoxy) is 1. The highest BCUT2D eigenvalue weighted by Crippen LogP contribution is 2.44. The Labute approximate surface area is 189 Å². The first-order valence-electron chi connectivity index (χ1n) is 10.3. The molecule has 2 aromatic rings. The van der Waals surface area contributed by atoms with Crippen molar-refractivity contribution in [1.82, 2.24) is 4.90 Å². The number of anilines is 1. The Morgan fingerprint density at radius 2 is 2.03 bits per heavy atom. The minimum atomic E-state index is -0.549. The highest BCUT2D eigenvalue weighted by molar-refractivity contribution is 6.35. The predicted molar refractivity (Wildman–Crippen MR) is 117 cm³/mol. The number of aliphatic hydroxyl groups excluding tert-OH is 1. The van der Waals surface area contributed by atoms with Crippen LogP contribution in [0.5, 0.6) is 5.75 Å². The molecule has 0 saturated carbocycles. The van der Waals surface area contributed by atoms with Gasteiger partial charge in [0.05, 0.1) is 17.8 Å². The van der Waals surface area contributed by atoms with E-state index in [0.29, 0.717) is 41.5 Å². The van der Waals surface area contributed by atoms with E-state index in [9.17, 15) is 14.3 Å². The summed E-state index contributed by atoms with van der Waals surface area (Å²) in [5.74, 6) is -0.555. The van der Waals surface area contributed by atoms with Crippen molar-refractivity contribution < 1.29 is 19.0 Å². The first-order valence-corrected chi connectivity index (χ1v) is 11.0. The van der Waals surface area contributed by atoms with Gasteiger partial charge in [-0.05, 0) is 42.7 Å². The van der Waals surface area contributed by atoms with Gasteiger partial charge in [-0.3, -0.25) is 14.6 Å². The molecule has 2 aliphatic heterocycles. The number of likely N-dealkylation sites (tertiary alicyclic amines) is 1. The number of nitrogens with zero attached hydrogens (tertiary/aromatic N) is 2. The molecule has 0 radical (unpaired) electrons. The van der Waals surface area contributed by atoms with E-state index in [1.54, 1.807) is 30.5 Å². The van der Waals surface area contributed by atoms with Gasteiger partial charge in [0.2, 0.25) is 5.91 Å². The van der Waals surface area contributed by atoms with Gasteiger partial charge in [0.25, 0.3) is 0 Å². The number of carbonyl (C=O) groups excluding carboxylic acids is 1. The Morgan fingerprint density at radius 1 is 1.19 bits per heavy atom. The van der Waals surface area contributed by atoms with Crippen molar-refractivity contribution in [2.45, 2.75) is 37.5 Å². The van der Waals surface area contributed by atoms with E-state index in [1.165, 1.54) is 11.0 Å². The van der Waals surface area contributed by atoms with Crippen molar-refractivity contribution in [1.29, 1.82) is 0 Å². The second-order valence-electron chi connectivity index (χ2n) is 8.17. The molecule has 0 bridgehead atoms.